The third kappa shape index (κ3) is 4.46. The number of benzene rings is 1. The maximum atomic E-state index is 13.0. The highest BCUT2D eigenvalue weighted by molar-refractivity contribution is 5.76. The Kier molecular flexibility index (Phi) is 5.61. The smallest absolute Gasteiger partial charge is 0.223 e. The number of rotatable bonds is 5. The first-order chi connectivity index (χ1) is 10.1. The highest BCUT2D eigenvalue weighted by Crippen LogP contribution is 2.13. The molecule has 3 nitrogen and oxygen atoms in total. The Morgan fingerprint density at radius 3 is 2.33 bits per heavy atom. The number of halogens is 3. The van der Waals surface area contributed by atoms with Crippen LogP contribution in [-0.2, 0) is 11.3 Å². The van der Waals surface area contributed by atoms with Crippen LogP contribution in [0.15, 0.2) is 12.1 Å². The van der Waals surface area contributed by atoms with Gasteiger partial charge in [-0.25, -0.2) is 13.2 Å². The van der Waals surface area contributed by atoms with E-state index < -0.39 is 17.5 Å². The third-order valence-electron chi connectivity index (χ3n) is 3.60. The van der Waals surface area contributed by atoms with E-state index in [9.17, 15) is 18.0 Å². The number of likely N-dealkylation sites (tertiary alicyclic amines) is 1. The van der Waals surface area contributed by atoms with Crippen molar-refractivity contribution >= 4 is 5.91 Å². The van der Waals surface area contributed by atoms with Crippen LogP contribution in [0.2, 0.25) is 0 Å². The quantitative estimate of drug-likeness (QED) is 0.669. The van der Waals surface area contributed by atoms with Gasteiger partial charge in [0.25, 0.3) is 0 Å². The molecular formula is C15H19F3N2O. The standard InChI is InChI=1S/C15H19F3N2O/c16-12-8-11(9-13(17)15(12)18)10-19-5-4-14(21)20-6-2-1-3-7-20/h8-9,19H,1-7,10H2. The molecule has 1 N–H and O–H groups in total. The molecular weight excluding hydrogens is 281 g/mol. The Bertz CT molecular complexity index is 479. The fourth-order valence-electron chi connectivity index (χ4n) is 2.44. The Morgan fingerprint density at radius 1 is 1.10 bits per heavy atom. The van der Waals surface area contributed by atoms with E-state index in [-0.39, 0.29) is 12.5 Å². The normalized spacial score (nSPS) is 15.3. The summed E-state index contributed by atoms with van der Waals surface area (Å²) in [6, 6.07) is 1.91. The predicted octanol–water partition coefficient (Wildman–Crippen LogP) is 2.60. The largest absolute Gasteiger partial charge is 0.343 e. The zero-order chi connectivity index (χ0) is 15.2. The van der Waals surface area contributed by atoms with Crippen molar-refractivity contribution in [3.05, 3.63) is 35.1 Å². The average Bonchev–Trinajstić information content (AvgIpc) is 2.49. The fourth-order valence-corrected chi connectivity index (χ4v) is 2.44. The summed E-state index contributed by atoms with van der Waals surface area (Å²) in [4.78, 5) is 13.7. The maximum absolute atomic E-state index is 13.0. The fraction of sp³-hybridized carbons (Fsp3) is 0.533. The molecule has 1 saturated heterocycles. The van der Waals surface area contributed by atoms with E-state index in [1.807, 2.05) is 4.90 Å². The molecule has 0 spiro atoms. The van der Waals surface area contributed by atoms with Gasteiger partial charge < -0.3 is 10.2 Å². The van der Waals surface area contributed by atoms with Crippen LogP contribution in [0.3, 0.4) is 0 Å². The van der Waals surface area contributed by atoms with E-state index >= 15 is 0 Å². The van der Waals surface area contributed by atoms with E-state index in [0.29, 0.717) is 18.5 Å². The number of piperidine rings is 1. The lowest BCUT2D eigenvalue weighted by molar-refractivity contribution is -0.131. The van der Waals surface area contributed by atoms with E-state index in [0.717, 1.165) is 38.1 Å². The molecule has 21 heavy (non-hydrogen) atoms. The molecule has 1 amide bonds. The Labute approximate surface area is 122 Å². The summed E-state index contributed by atoms with van der Waals surface area (Å²) in [6.45, 7) is 2.25. The molecule has 0 bridgehead atoms. The molecule has 1 aliphatic rings. The van der Waals surface area contributed by atoms with Crippen molar-refractivity contribution in [3.63, 3.8) is 0 Å². The van der Waals surface area contributed by atoms with Gasteiger partial charge in [-0.05, 0) is 37.0 Å². The van der Waals surface area contributed by atoms with Crippen molar-refractivity contribution in [2.45, 2.75) is 32.2 Å². The van der Waals surface area contributed by atoms with Crippen molar-refractivity contribution < 1.29 is 18.0 Å². The molecule has 0 atom stereocenters. The number of amides is 1. The number of hydrogen-bond acceptors (Lipinski definition) is 2. The van der Waals surface area contributed by atoms with Crippen molar-refractivity contribution in [2.24, 2.45) is 0 Å². The zero-order valence-electron chi connectivity index (χ0n) is 11.8. The van der Waals surface area contributed by atoms with E-state index in [1.165, 1.54) is 6.42 Å². The SMILES string of the molecule is O=C(CCNCc1cc(F)c(F)c(F)c1)N1CCCCC1. The average molecular weight is 300 g/mol. The summed E-state index contributed by atoms with van der Waals surface area (Å²) in [5.41, 5.74) is 0.317. The maximum Gasteiger partial charge on any atom is 0.223 e. The summed E-state index contributed by atoms with van der Waals surface area (Å²) in [6.07, 6.45) is 3.62. The highest BCUT2D eigenvalue weighted by atomic mass is 19.2. The number of carbonyl (C=O) groups excluding carboxylic acids is 1. The highest BCUT2D eigenvalue weighted by Gasteiger charge is 2.15. The molecule has 2 rings (SSSR count). The van der Waals surface area contributed by atoms with Gasteiger partial charge in [0, 0.05) is 32.6 Å². The summed E-state index contributed by atoms with van der Waals surface area (Å²) < 4.78 is 38.8. The van der Waals surface area contributed by atoms with Crippen LogP contribution in [0.25, 0.3) is 0 Å². The van der Waals surface area contributed by atoms with Crippen LogP contribution in [0.5, 0.6) is 0 Å². The lowest BCUT2D eigenvalue weighted by Gasteiger charge is -2.26. The number of hydrogen-bond donors (Lipinski definition) is 1. The minimum absolute atomic E-state index is 0.0960. The van der Waals surface area contributed by atoms with Gasteiger partial charge in [0.05, 0.1) is 0 Å². The number of nitrogens with one attached hydrogen (secondary N) is 1. The summed E-state index contributed by atoms with van der Waals surface area (Å²) in [5.74, 6) is -3.76. The summed E-state index contributed by atoms with van der Waals surface area (Å²) in [7, 11) is 0. The van der Waals surface area contributed by atoms with Gasteiger partial charge in [0.1, 0.15) is 0 Å². The number of carbonyl (C=O) groups is 1. The van der Waals surface area contributed by atoms with E-state index in [2.05, 4.69) is 5.32 Å². The molecule has 6 heteroatoms. The first-order valence-corrected chi connectivity index (χ1v) is 7.20. The molecule has 0 saturated carbocycles. The number of nitrogens with zero attached hydrogens (tertiary/aromatic N) is 1. The Morgan fingerprint density at radius 2 is 1.71 bits per heavy atom. The molecule has 1 fully saturated rings. The van der Waals surface area contributed by atoms with Crippen LogP contribution in [-0.4, -0.2) is 30.4 Å². The summed E-state index contributed by atoms with van der Waals surface area (Å²) >= 11 is 0. The van der Waals surface area contributed by atoms with Gasteiger partial charge in [0.2, 0.25) is 5.91 Å². The molecule has 0 aromatic heterocycles. The second kappa shape index (κ2) is 7.45. The first-order valence-electron chi connectivity index (χ1n) is 7.20. The van der Waals surface area contributed by atoms with Crippen LogP contribution < -0.4 is 5.32 Å². The molecule has 0 radical (unpaired) electrons. The monoisotopic (exact) mass is 300 g/mol. The van der Waals surface area contributed by atoms with Gasteiger partial charge in [-0.1, -0.05) is 0 Å². The second-order valence-electron chi connectivity index (χ2n) is 5.24. The van der Waals surface area contributed by atoms with Gasteiger partial charge in [-0.3, -0.25) is 4.79 Å². The predicted molar refractivity (Wildman–Crippen MR) is 73.1 cm³/mol. The topological polar surface area (TPSA) is 32.3 Å². The van der Waals surface area contributed by atoms with Gasteiger partial charge in [-0.15, -0.1) is 0 Å². The van der Waals surface area contributed by atoms with Gasteiger partial charge in [-0.2, -0.15) is 0 Å². The van der Waals surface area contributed by atoms with Crippen molar-refractivity contribution in [3.8, 4) is 0 Å². The molecule has 1 aromatic carbocycles. The van der Waals surface area contributed by atoms with Gasteiger partial charge >= 0.3 is 0 Å². The lowest BCUT2D eigenvalue weighted by atomic mass is 10.1. The van der Waals surface area contributed by atoms with Crippen LogP contribution in [0.1, 0.15) is 31.2 Å². The third-order valence-corrected chi connectivity index (χ3v) is 3.60. The molecule has 1 aliphatic heterocycles. The minimum atomic E-state index is -1.46. The molecule has 1 heterocycles. The van der Waals surface area contributed by atoms with E-state index in [4.69, 9.17) is 0 Å². The lowest BCUT2D eigenvalue weighted by Crippen LogP contribution is -2.37. The Balaban J connectivity index is 1.73. The molecule has 116 valence electrons. The van der Waals surface area contributed by atoms with Crippen molar-refractivity contribution in [1.82, 2.24) is 10.2 Å². The van der Waals surface area contributed by atoms with Gasteiger partial charge in [0.15, 0.2) is 17.5 Å². The zero-order valence-corrected chi connectivity index (χ0v) is 11.8. The van der Waals surface area contributed by atoms with E-state index in [1.54, 1.807) is 0 Å². The van der Waals surface area contributed by atoms with Crippen molar-refractivity contribution in [1.29, 1.82) is 0 Å². The van der Waals surface area contributed by atoms with Crippen LogP contribution in [0.4, 0.5) is 13.2 Å². The second-order valence-corrected chi connectivity index (χ2v) is 5.24. The molecule has 1 aromatic rings. The van der Waals surface area contributed by atoms with Crippen LogP contribution in [0, 0.1) is 17.5 Å². The first kappa shape index (κ1) is 15.8. The van der Waals surface area contributed by atoms with Crippen LogP contribution >= 0.6 is 0 Å². The summed E-state index contributed by atoms with van der Waals surface area (Å²) in [5, 5.41) is 2.94. The van der Waals surface area contributed by atoms with Crippen molar-refractivity contribution in [2.75, 3.05) is 19.6 Å². The minimum Gasteiger partial charge on any atom is -0.343 e. The Hall–Kier alpha value is -1.56. The molecule has 0 aliphatic carbocycles. The molecule has 0 unspecified atom stereocenters.